The molecule has 0 radical (unpaired) electrons. The van der Waals surface area contributed by atoms with E-state index in [0.717, 1.165) is 23.1 Å². The van der Waals surface area contributed by atoms with E-state index in [1.54, 1.807) is 54.5 Å². The largest absolute Gasteiger partial charge is 0.395 e. The van der Waals surface area contributed by atoms with Crippen molar-refractivity contribution in [1.82, 2.24) is 14.5 Å². The number of carbonyl (C=O) groups is 2. The summed E-state index contributed by atoms with van der Waals surface area (Å²) >= 11 is 0. The standard InChI is InChI=1S/C35H41N5O4/c1-7-20-40(8-2)33(43)25-14-18-27(19-15-25)36-31-34(44)39(6)21-30(37-31)28-10-9-11-29(23(28)3)38-32(42)24-12-16-26(17-13-24)35(4,5)22-41/h9-19,21,41H,7-8,20,22H2,1-6H3,(H,36,37)(H,38,42). The number of nitrogens with one attached hydrogen (secondary N) is 2. The fourth-order valence-electron chi connectivity index (χ4n) is 4.91. The van der Waals surface area contributed by atoms with E-state index in [1.807, 2.05) is 65.0 Å². The summed E-state index contributed by atoms with van der Waals surface area (Å²) in [4.78, 5) is 45.4. The number of anilines is 3. The predicted molar refractivity (Wildman–Crippen MR) is 176 cm³/mol. The van der Waals surface area contributed by atoms with Crippen LogP contribution in [0.25, 0.3) is 11.3 Å². The van der Waals surface area contributed by atoms with Gasteiger partial charge in [0.15, 0.2) is 5.82 Å². The van der Waals surface area contributed by atoms with Gasteiger partial charge in [-0.15, -0.1) is 0 Å². The highest BCUT2D eigenvalue weighted by molar-refractivity contribution is 6.05. The maximum atomic E-state index is 13.1. The van der Waals surface area contributed by atoms with Crippen LogP contribution in [0.5, 0.6) is 0 Å². The molecule has 1 heterocycles. The molecule has 0 saturated carbocycles. The summed E-state index contributed by atoms with van der Waals surface area (Å²) in [5, 5.41) is 15.7. The van der Waals surface area contributed by atoms with Gasteiger partial charge in [-0.2, -0.15) is 0 Å². The Morgan fingerprint density at radius 1 is 0.977 bits per heavy atom. The third-order valence-corrected chi connectivity index (χ3v) is 7.81. The minimum absolute atomic E-state index is 0.00516. The zero-order valence-corrected chi connectivity index (χ0v) is 26.3. The van der Waals surface area contributed by atoms with Gasteiger partial charge in [-0.05, 0) is 73.9 Å². The number of aliphatic hydroxyl groups excluding tert-OH is 1. The van der Waals surface area contributed by atoms with Crippen LogP contribution in [0, 0.1) is 6.92 Å². The molecular weight excluding hydrogens is 554 g/mol. The number of nitrogens with zero attached hydrogens (tertiary/aromatic N) is 3. The Morgan fingerprint density at radius 3 is 2.25 bits per heavy atom. The number of rotatable bonds is 11. The molecule has 9 heteroatoms. The second-order valence-electron chi connectivity index (χ2n) is 11.5. The Kier molecular flexibility index (Phi) is 10.0. The van der Waals surface area contributed by atoms with Crippen molar-refractivity contribution in [3.8, 4) is 11.3 Å². The average Bonchev–Trinajstić information content (AvgIpc) is 3.03. The van der Waals surface area contributed by atoms with Crippen LogP contribution < -0.4 is 16.2 Å². The summed E-state index contributed by atoms with van der Waals surface area (Å²) in [5.74, 6) is -0.139. The summed E-state index contributed by atoms with van der Waals surface area (Å²) in [7, 11) is 1.66. The van der Waals surface area contributed by atoms with Crippen LogP contribution in [0.2, 0.25) is 0 Å². The highest BCUT2D eigenvalue weighted by Gasteiger charge is 2.20. The summed E-state index contributed by atoms with van der Waals surface area (Å²) in [6.07, 6.45) is 2.55. The predicted octanol–water partition coefficient (Wildman–Crippen LogP) is 5.89. The SMILES string of the molecule is CCCN(CC)C(=O)c1ccc(Nc2nc(-c3cccc(NC(=O)c4ccc(C(C)(C)CO)cc4)c3C)cn(C)c2=O)cc1. The van der Waals surface area contributed by atoms with Crippen LogP contribution in [0.15, 0.2) is 77.7 Å². The van der Waals surface area contributed by atoms with Crippen LogP contribution in [-0.2, 0) is 12.5 Å². The van der Waals surface area contributed by atoms with Crippen molar-refractivity contribution in [3.05, 3.63) is 106 Å². The van der Waals surface area contributed by atoms with Gasteiger partial charge < -0.3 is 25.2 Å². The van der Waals surface area contributed by atoms with Crippen molar-refractivity contribution in [1.29, 1.82) is 0 Å². The van der Waals surface area contributed by atoms with E-state index in [1.165, 1.54) is 4.57 Å². The monoisotopic (exact) mass is 595 g/mol. The van der Waals surface area contributed by atoms with Crippen LogP contribution in [0.3, 0.4) is 0 Å². The second kappa shape index (κ2) is 13.7. The Hall–Kier alpha value is -4.76. The lowest BCUT2D eigenvalue weighted by atomic mass is 9.85. The molecule has 230 valence electrons. The lowest BCUT2D eigenvalue weighted by Crippen LogP contribution is -2.31. The number of aliphatic hydroxyl groups is 1. The molecule has 0 atom stereocenters. The Balaban J connectivity index is 1.56. The molecule has 0 saturated heterocycles. The molecule has 4 rings (SSSR count). The number of aromatic nitrogens is 2. The number of benzene rings is 3. The van der Waals surface area contributed by atoms with Crippen LogP contribution in [0.1, 0.15) is 66.0 Å². The molecule has 0 aliphatic heterocycles. The number of amides is 2. The second-order valence-corrected chi connectivity index (χ2v) is 11.5. The number of carbonyl (C=O) groups excluding carboxylic acids is 2. The Morgan fingerprint density at radius 2 is 1.64 bits per heavy atom. The molecular formula is C35H41N5O4. The fraction of sp³-hybridized carbons (Fsp3) is 0.314. The van der Waals surface area contributed by atoms with Crippen molar-refractivity contribution < 1.29 is 14.7 Å². The van der Waals surface area contributed by atoms with Gasteiger partial charge in [0.05, 0.1) is 12.3 Å². The molecule has 1 aromatic heterocycles. The summed E-state index contributed by atoms with van der Waals surface area (Å²) < 4.78 is 1.46. The maximum absolute atomic E-state index is 13.1. The van der Waals surface area contributed by atoms with Crippen molar-refractivity contribution in [2.75, 3.05) is 30.3 Å². The molecule has 0 fully saturated rings. The van der Waals surface area contributed by atoms with Crippen molar-refractivity contribution in [2.45, 2.75) is 46.5 Å². The fourth-order valence-corrected chi connectivity index (χ4v) is 4.91. The first-order valence-electron chi connectivity index (χ1n) is 14.9. The van der Waals surface area contributed by atoms with Gasteiger partial charge in [-0.3, -0.25) is 14.4 Å². The average molecular weight is 596 g/mol. The Bertz CT molecular complexity index is 1690. The van der Waals surface area contributed by atoms with E-state index >= 15 is 0 Å². The molecule has 0 aliphatic rings. The number of aryl methyl sites for hydroxylation is 1. The smallest absolute Gasteiger partial charge is 0.293 e. The molecule has 9 nitrogen and oxygen atoms in total. The van der Waals surface area contributed by atoms with Crippen LogP contribution in [0.4, 0.5) is 17.2 Å². The van der Waals surface area contributed by atoms with Crippen molar-refractivity contribution in [3.63, 3.8) is 0 Å². The summed E-state index contributed by atoms with van der Waals surface area (Å²) in [6, 6.07) is 19.8. The molecule has 3 aromatic carbocycles. The van der Waals surface area contributed by atoms with Gasteiger partial charge >= 0.3 is 0 Å². The van der Waals surface area contributed by atoms with Gasteiger partial charge in [0.1, 0.15) is 0 Å². The topological polar surface area (TPSA) is 117 Å². The third kappa shape index (κ3) is 7.06. The van der Waals surface area contributed by atoms with Gasteiger partial charge in [-0.25, -0.2) is 4.98 Å². The molecule has 2 amide bonds. The third-order valence-electron chi connectivity index (χ3n) is 7.81. The maximum Gasteiger partial charge on any atom is 0.293 e. The van der Waals surface area contributed by atoms with Crippen LogP contribution >= 0.6 is 0 Å². The van der Waals surface area contributed by atoms with E-state index in [9.17, 15) is 19.5 Å². The lowest BCUT2D eigenvalue weighted by molar-refractivity contribution is 0.0764. The lowest BCUT2D eigenvalue weighted by Gasteiger charge is -2.22. The van der Waals surface area contributed by atoms with Gasteiger partial charge in [0, 0.05) is 59.8 Å². The molecule has 44 heavy (non-hydrogen) atoms. The van der Waals surface area contributed by atoms with E-state index in [2.05, 4.69) is 15.6 Å². The van der Waals surface area contributed by atoms with E-state index in [0.29, 0.717) is 41.3 Å². The first-order chi connectivity index (χ1) is 21.0. The molecule has 0 spiro atoms. The summed E-state index contributed by atoms with van der Waals surface area (Å²) in [5.41, 5.74) is 4.70. The van der Waals surface area contributed by atoms with Gasteiger partial charge in [0.2, 0.25) is 0 Å². The first-order valence-corrected chi connectivity index (χ1v) is 14.9. The van der Waals surface area contributed by atoms with Crippen molar-refractivity contribution in [2.24, 2.45) is 7.05 Å². The molecule has 0 unspecified atom stereocenters. The minimum atomic E-state index is -0.399. The van der Waals surface area contributed by atoms with E-state index in [-0.39, 0.29) is 29.8 Å². The highest BCUT2D eigenvalue weighted by Crippen LogP contribution is 2.29. The Labute approximate surface area is 258 Å². The zero-order chi connectivity index (χ0) is 32.0. The quantitative estimate of drug-likeness (QED) is 0.199. The van der Waals surface area contributed by atoms with Crippen molar-refractivity contribution >= 4 is 29.0 Å². The first kappa shape index (κ1) is 32.2. The molecule has 0 aliphatic carbocycles. The molecule has 4 aromatic rings. The number of hydrogen-bond donors (Lipinski definition) is 3. The number of hydrogen-bond acceptors (Lipinski definition) is 6. The zero-order valence-electron chi connectivity index (χ0n) is 26.3. The summed E-state index contributed by atoms with van der Waals surface area (Å²) in [6.45, 7) is 11.1. The highest BCUT2D eigenvalue weighted by atomic mass is 16.3. The van der Waals surface area contributed by atoms with E-state index < -0.39 is 5.41 Å². The minimum Gasteiger partial charge on any atom is -0.395 e. The molecule has 3 N–H and O–H groups in total. The van der Waals surface area contributed by atoms with E-state index in [4.69, 9.17) is 0 Å². The van der Waals surface area contributed by atoms with Gasteiger partial charge in [0.25, 0.3) is 17.4 Å². The van der Waals surface area contributed by atoms with Gasteiger partial charge in [-0.1, -0.05) is 45.0 Å². The van der Waals surface area contributed by atoms with Crippen LogP contribution in [-0.4, -0.2) is 51.1 Å². The molecule has 0 bridgehead atoms. The normalized spacial score (nSPS) is 11.2.